The van der Waals surface area contributed by atoms with Crippen LogP contribution < -0.4 is 0 Å². The van der Waals surface area contributed by atoms with Gasteiger partial charge in [-0.1, -0.05) is 11.1 Å². The second-order valence-electron chi connectivity index (χ2n) is 2.88. The van der Waals surface area contributed by atoms with E-state index in [9.17, 15) is 0 Å². The molecule has 0 amide bonds. The number of terminal acetylenes is 1. The molecule has 2 heteroatoms. The first-order chi connectivity index (χ1) is 4.73. The van der Waals surface area contributed by atoms with Crippen LogP contribution >= 0.6 is 0 Å². The molecule has 0 aromatic heterocycles. The zero-order valence-electron chi connectivity index (χ0n) is 6.09. The van der Waals surface area contributed by atoms with Crippen molar-refractivity contribution in [1.29, 1.82) is 0 Å². The lowest BCUT2D eigenvalue weighted by Crippen LogP contribution is -2.18. The molecule has 0 aliphatic heterocycles. The standard InChI is InChI=1S/C8H11NO/c1-3-8(2)6-4-5-7(8)9-10/h1,10H,4-6H2,2H3/b9-7-. The lowest BCUT2D eigenvalue weighted by atomic mass is 9.89. The van der Waals surface area contributed by atoms with E-state index in [1.165, 1.54) is 0 Å². The van der Waals surface area contributed by atoms with Crippen molar-refractivity contribution in [3.63, 3.8) is 0 Å². The molecule has 1 aliphatic carbocycles. The summed E-state index contributed by atoms with van der Waals surface area (Å²) in [6, 6.07) is 0. The molecule has 54 valence electrons. The van der Waals surface area contributed by atoms with Gasteiger partial charge in [-0.25, -0.2) is 0 Å². The van der Waals surface area contributed by atoms with Crippen LogP contribution in [0.5, 0.6) is 0 Å². The van der Waals surface area contributed by atoms with Crippen LogP contribution in [0.25, 0.3) is 0 Å². The summed E-state index contributed by atoms with van der Waals surface area (Å²) in [5, 5.41) is 11.7. The molecule has 10 heavy (non-hydrogen) atoms. The Morgan fingerprint density at radius 3 is 2.90 bits per heavy atom. The van der Waals surface area contributed by atoms with Gasteiger partial charge in [-0.15, -0.1) is 6.42 Å². The lowest BCUT2D eigenvalue weighted by molar-refractivity contribution is 0.313. The van der Waals surface area contributed by atoms with Gasteiger partial charge in [0.25, 0.3) is 0 Å². The molecule has 2 nitrogen and oxygen atoms in total. The molecule has 1 rings (SSSR count). The number of hydrogen-bond acceptors (Lipinski definition) is 2. The van der Waals surface area contributed by atoms with Gasteiger partial charge in [-0.2, -0.15) is 0 Å². The largest absolute Gasteiger partial charge is 0.411 e. The van der Waals surface area contributed by atoms with Crippen molar-refractivity contribution in [1.82, 2.24) is 0 Å². The van der Waals surface area contributed by atoms with E-state index in [0.717, 1.165) is 25.0 Å². The molecule has 1 fully saturated rings. The van der Waals surface area contributed by atoms with Crippen molar-refractivity contribution in [3.05, 3.63) is 0 Å². The lowest BCUT2D eigenvalue weighted by Gasteiger charge is -2.14. The first-order valence-corrected chi connectivity index (χ1v) is 3.42. The first-order valence-electron chi connectivity index (χ1n) is 3.42. The molecule has 1 atom stereocenters. The van der Waals surface area contributed by atoms with Crippen molar-refractivity contribution in [2.24, 2.45) is 10.6 Å². The van der Waals surface area contributed by atoms with Crippen molar-refractivity contribution < 1.29 is 5.21 Å². The summed E-state index contributed by atoms with van der Waals surface area (Å²) in [6.07, 6.45) is 8.13. The van der Waals surface area contributed by atoms with Crippen molar-refractivity contribution >= 4 is 5.71 Å². The van der Waals surface area contributed by atoms with E-state index in [4.69, 9.17) is 11.6 Å². The van der Waals surface area contributed by atoms with Crippen LogP contribution in [0.4, 0.5) is 0 Å². The smallest absolute Gasteiger partial charge is 0.0748 e. The molecule has 1 saturated carbocycles. The van der Waals surface area contributed by atoms with E-state index < -0.39 is 0 Å². The number of nitrogens with zero attached hydrogens (tertiary/aromatic N) is 1. The van der Waals surface area contributed by atoms with E-state index in [-0.39, 0.29) is 5.41 Å². The number of hydrogen-bond donors (Lipinski definition) is 1. The highest BCUT2D eigenvalue weighted by Gasteiger charge is 2.33. The molecular weight excluding hydrogens is 126 g/mol. The Bertz CT molecular complexity index is 202. The van der Waals surface area contributed by atoms with Crippen LogP contribution in [0.1, 0.15) is 26.2 Å². The fraction of sp³-hybridized carbons (Fsp3) is 0.625. The van der Waals surface area contributed by atoms with Crippen molar-refractivity contribution in [3.8, 4) is 12.3 Å². The summed E-state index contributed by atoms with van der Waals surface area (Å²) in [6.45, 7) is 1.94. The zero-order chi connectivity index (χ0) is 7.61. The highest BCUT2D eigenvalue weighted by atomic mass is 16.4. The SMILES string of the molecule is C#CC1(C)CCC/C1=N/O. The molecule has 0 bridgehead atoms. The predicted molar refractivity (Wildman–Crippen MR) is 40.0 cm³/mol. The van der Waals surface area contributed by atoms with E-state index in [1.807, 2.05) is 6.92 Å². The molecule has 1 N–H and O–H groups in total. The van der Waals surface area contributed by atoms with E-state index >= 15 is 0 Å². The fourth-order valence-electron chi connectivity index (χ4n) is 1.35. The van der Waals surface area contributed by atoms with E-state index in [0.29, 0.717) is 0 Å². The summed E-state index contributed by atoms with van der Waals surface area (Å²) in [7, 11) is 0. The normalized spacial score (nSPS) is 36.2. The first kappa shape index (κ1) is 7.14. The Morgan fingerprint density at radius 1 is 1.80 bits per heavy atom. The summed E-state index contributed by atoms with van der Waals surface area (Å²) in [4.78, 5) is 0. The summed E-state index contributed by atoms with van der Waals surface area (Å²) >= 11 is 0. The molecular formula is C8H11NO. The third kappa shape index (κ3) is 0.881. The van der Waals surface area contributed by atoms with Crippen LogP contribution in [0.2, 0.25) is 0 Å². The summed E-state index contributed by atoms with van der Waals surface area (Å²) in [5.41, 5.74) is 0.490. The quantitative estimate of drug-likeness (QED) is 0.307. The second kappa shape index (κ2) is 2.34. The average Bonchev–Trinajstić information content (AvgIpc) is 2.32. The van der Waals surface area contributed by atoms with Gasteiger partial charge in [0.05, 0.1) is 11.1 Å². The molecule has 1 unspecified atom stereocenters. The maximum absolute atomic E-state index is 8.53. The fourth-order valence-corrected chi connectivity index (χ4v) is 1.35. The summed E-state index contributed by atoms with van der Waals surface area (Å²) < 4.78 is 0. The van der Waals surface area contributed by atoms with E-state index in [2.05, 4.69) is 11.1 Å². The van der Waals surface area contributed by atoms with Crippen molar-refractivity contribution in [2.45, 2.75) is 26.2 Å². The van der Waals surface area contributed by atoms with Crippen LogP contribution in [0, 0.1) is 17.8 Å². The molecule has 0 radical (unpaired) electrons. The number of rotatable bonds is 0. The highest BCUT2D eigenvalue weighted by molar-refractivity contribution is 5.93. The van der Waals surface area contributed by atoms with Crippen LogP contribution in [0.3, 0.4) is 0 Å². The number of oxime groups is 1. The topological polar surface area (TPSA) is 32.6 Å². The Balaban J connectivity index is 2.89. The molecule has 1 aliphatic rings. The Morgan fingerprint density at radius 2 is 2.50 bits per heavy atom. The minimum absolute atomic E-state index is 0.269. The van der Waals surface area contributed by atoms with Crippen LogP contribution in [-0.2, 0) is 0 Å². The van der Waals surface area contributed by atoms with Gasteiger partial charge in [0.2, 0.25) is 0 Å². The summed E-state index contributed by atoms with van der Waals surface area (Å²) in [5.74, 6) is 2.65. The van der Waals surface area contributed by atoms with E-state index in [1.54, 1.807) is 0 Å². The van der Waals surface area contributed by atoms with Crippen molar-refractivity contribution in [2.75, 3.05) is 0 Å². The Labute approximate surface area is 60.9 Å². The molecule has 0 spiro atoms. The Kier molecular flexibility index (Phi) is 1.67. The highest BCUT2D eigenvalue weighted by Crippen LogP contribution is 2.34. The maximum Gasteiger partial charge on any atom is 0.0748 e. The van der Waals surface area contributed by atoms with Gasteiger partial charge >= 0.3 is 0 Å². The minimum Gasteiger partial charge on any atom is -0.411 e. The molecule has 0 heterocycles. The molecule has 0 aromatic rings. The van der Waals surface area contributed by atoms with Gasteiger partial charge in [0, 0.05) is 0 Å². The maximum atomic E-state index is 8.53. The Hall–Kier alpha value is -0.970. The zero-order valence-corrected chi connectivity index (χ0v) is 6.09. The van der Waals surface area contributed by atoms with Gasteiger partial charge in [0.1, 0.15) is 0 Å². The minimum atomic E-state index is -0.269. The third-order valence-corrected chi connectivity index (χ3v) is 2.17. The third-order valence-electron chi connectivity index (χ3n) is 2.17. The average molecular weight is 137 g/mol. The second-order valence-corrected chi connectivity index (χ2v) is 2.88. The van der Waals surface area contributed by atoms with Crippen LogP contribution in [-0.4, -0.2) is 10.9 Å². The van der Waals surface area contributed by atoms with Gasteiger partial charge in [0.15, 0.2) is 0 Å². The van der Waals surface area contributed by atoms with Crippen LogP contribution in [0.15, 0.2) is 5.16 Å². The predicted octanol–water partition coefficient (Wildman–Crippen LogP) is 1.64. The monoisotopic (exact) mass is 137 g/mol. The molecule has 0 aromatic carbocycles. The van der Waals surface area contributed by atoms with Gasteiger partial charge < -0.3 is 5.21 Å². The van der Waals surface area contributed by atoms with Gasteiger partial charge in [-0.05, 0) is 26.2 Å². The van der Waals surface area contributed by atoms with Gasteiger partial charge in [-0.3, -0.25) is 0 Å². The molecule has 0 saturated heterocycles.